The predicted molar refractivity (Wildman–Crippen MR) is 91.9 cm³/mol. The Kier molecular flexibility index (Phi) is 5.82. The molecular formula is C16H24FN3O3S. The summed E-state index contributed by atoms with van der Waals surface area (Å²) in [6.07, 6.45) is 1.02. The minimum absolute atomic E-state index is 0.158. The van der Waals surface area contributed by atoms with Gasteiger partial charge >= 0.3 is 0 Å². The molecule has 0 aromatic heterocycles. The third-order valence-corrected chi connectivity index (χ3v) is 5.50. The molecule has 0 aliphatic carbocycles. The van der Waals surface area contributed by atoms with E-state index in [0.717, 1.165) is 36.3 Å². The molecule has 24 heavy (non-hydrogen) atoms. The van der Waals surface area contributed by atoms with Crippen molar-refractivity contribution in [2.75, 3.05) is 43.3 Å². The van der Waals surface area contributed by atoms with Crippen LogP contribution in [0.25, 0.3) is 0 Å². The van der Waals surface area contributed by atoms with E-state index in [1.165, 1.54) is 18.2 Å². The van der Waals surface area contributed by atoms with E-state index in [9.17, 15) is 17.6 Å². The second-order valence-corrected chi connectivity index (χ2v) is 7.83. The van der Waals surface area contributed by atoms with Gasteiger partial charge in [-0.05, 0) is 31.7 Å². The lowest BCUT2D eigenvalue weighted by atomic mass is 10.2. The van der Waals surface area contributed by atoms with Crippen molar-refractivity contribution in [3.05, 3.63) is 30.1 Å². The molecular weight excluding hydrogens is 333 g/mol. The summed E-state index contributed by atoms with van der Waals surface area (Å²) in [5.74, 6) is -0.808. The van der Waals surface area contributed by atoms with Gasteiger partial charge in [0, 0.05) is 26.2 Å². The topological polar surface area (TPSA) is 60.9 Å². The SMILES string of the molecule is CCN1CCN(C(=O)[C@H](C)N(c2cccc(F)c2)S(C)(=O)=O)CC1. The highest BCUT2D eigenvalue weighted by Gasteiger charge is 2.33. The third-order valence-electron chi connectivity index (χ3n) is 4.26. The molecule has 1 aliphatic heterocycles. The molecule has 2 rings (SSSR count). The fourth-order valence-corrected chi connectivity index (χ4v) is 4.13. The number of nitrogens with zero attached hydrogens (tertiary/aromatic N) is 3. The van der Waals surface area contributed by atoms with E-state index in [4.69, 9.17) is 0 Å². The Bertz CT molecular complexity index is 688. The Morgan fingerprint density at radius 3 is 2.42 bits per heavy atom. The molecule has 1 atom stereocenters. The lowest BCUT2D eigenvalue weighted by Gasteiger charge is -2.37. The number of amides is 1. The number of likely N-dealkylation sites (N-methyl/N-ethyl adjacent to an activating group) is 1. The molecule has 1 amide bonds. The van der Waals surface area contributed by atoms with Gasteiger partial charge in [-0.1, -0.05) is 13.0 Å². The van der Waals surface area contributed by atoms with E-state index in [1.54, 1.807) is 11.8 Å². The highest BCUT2D eigenvalue weighted by molar-refractivity contribution is 7.92. The highest BCUT2D eigenvalue weighted by atomic mass is 32.2. The molecule has 1 aromatic rings. The fraction of sp³-hybridized carbons (Fsp3) is 0.562. The first-order valence-corrected chi connectivity index (χ1v) is 9.85. The number of halogens is 1. The first-order chi connectivity index (χ1) is 11.2. The van der Waals surface area contributed by atoms with Crippen LogP contribution in [0.1, 0.15) is 13.8 Å². The molecule has 0 bridgehead atoms. The van der Waals surface area contributed by atoms with Crippen molar-refractivity contribution in [1.82, 2.24) is 9.80 Å². The summed E-state index contributed by atoms with van der Waals surface area (Å²) in [6, 6.07) is 4.36. The van der Waals surface area contributed by atoms with Crippen molar-refractivity contribution in [1.29, 1.82) is 0 Å². The Balaban J connectivity index is 2.22. The van der Waals surface area contributed by atoms with Gasteiger partial charge in [-0.2, -0.15) is 0 Å². The van der Waals surface area contributed by atoms with Crippen LogP contribution in [0, 0.1) is 5.82 Å². The lowest BCUT2D eigenvalue weighted by molar-refractivity contribution is -0.133. The zero-order chi connectivity index (χ0) is 17.9. The van der Waals surface area contributed by atoms with Crippen molar-refractivity contribution in [2.45, 2.75) is 19.9 Å². The van der Waals surface area contributed by atoms with E-state index in [2.05, 4.69) is 11.8 Å². The Labute approximate surface area is 142 Å². The monoisotopic (exact) mass is 357 g/mol. The van der Waals surface area contributed by atoms with Gasteiger partial charge in [-0.3, -0.25) is 9.10 Å². The summed E-state index contributed by atoms with van der Waals surface area (Å²) in [5, 5.41) is 0. The minimum atomic E-state index is -3.72. The van der Waals surface area contributed by atoms with Gasteiger partial charge in [0.15, 0.2) is 0 Å². The van der Waals surface area contributed by atoms with Crippen LogP contribution in [0.15, 0.2) is 24.3 Å². The van der Waals surface area contributed by atoms with Crippen LogP contribution in [0.3, 0.4) is 0 Å². The number of carbonyl (C=O) groups is 1. The summed E-state index contributed by atoms with van der Waals surface area (Å²) in [6.45, 7) is 7.21. The molecule has 1 heterocycles. The van der Waals surface area contributed by atoms with Crippen LogP contribution in [0.5, 0.6) is 0 Å². The van der Waals surface area contributed by atoms with Gasteiger partial charge < -0.3 is 9.80 Å². The molecule has 0 radical (unpaired) electrons. The number of hydrogen-bond donors (Lipinski definition) is 0. The van der Waals surface area contributed by atoms with Crippen LogP contribution in [0.2, 0.25) is 0 Å². The minimum Gasteiger partial charge on any atom is -0.338 e. The van der Waals surface area contributed by atoms with Gasteiger partial charge in [0.05, 0.1) is 11.9 Å². The average molecular weight is 357 g/mol. The van der Waals surface area contributed by atoms with Crippen LogP contribution >= 0.6 is 0 Å². The van der Waals surface area contributed by atoms with Crippen LogP contribution < -0.4 is 4.31 Å². The molecule has 134 valence electrons. The summed E-state index contributed by atoms with van der Waals surface area (Å²) in [5.41, 5.74) is 0.158. The summed E-state index contributed by atoms with van der Waals surface area (Å²) in [7, 11) is -3.72. The van der Waals surface area contributed by atoms with Crippen molar-refractivity contribution in [3.63, 3.8) is 0 Å². The van der Waals surface area contributed by atoms with Gasteiger partial charge in [0.1, 0.15) is 11.9 Å². The molecule has 1 fully saturated rings. The van der Waals surface area contributed by atoms with Crippen molar-refractivity contribution in [3.8, 4) is 0 Å². The fourth-order valence-electron chi connectivity index (χ4n) is 2.96. The van der Waals surface area contributed by atoms with Crippen molar-refractivity contribution in [2.24, 2.45) is 0 Å². The maximum absolute atomic E-state index is 13.5. The smallest absolute Gasteiger partial charge is 0.246 e. The Morgan fingerprint density at radius 1 is 1.29 bits per heavy atom. The third kappa shape index (κ3) is 4.24. The quantitative estimate of drug-likeness (QED) is 0.793. The van der Waals surface area contributed by atoms with Gasteiger partial charge in [-0.15, -0.1) is 0 Å². The first-order valence-electron chi connectivity index (χ1n) is 8.00. The number of anilines is 1. The molecule has 0 unspecified atom stereocenters. The van der Waals surface area contributed by atoms with Crippen LogP contribution in [0.4, 0.5) is 10.1 Å². The summed E-state index contributed by atoms with van der Waals surface area (Å²) < 4.78 is 38.9. The van der Waals surface area contributed by atoms with Crippen molar-refractivity contribution >= 4 is 21.6 Å². The largest absolute Gasteiger partial charge is 0.338 e. The standard InChI is InChI=1S/C16H24FN3O3S/c1-4-18-8-10-19(11-9-18)16(21)13(2)20(24(3,22)23)15-7-5-6-14(17)12-15/h5-7,12-13H,4,8-11H2,1-3H3/t13-/m0/s1. The molecule has 8 heteroatoms. The normalized spacial score (nSPS) is 17.6. The number of piperazine rings is 1. The number of sulfonamides is 1. The molecule has 1 saturated heterocycles. The van der Waals surface area contributed by atoms with E-state index < -0.39 is 21.9 Å². The van der Waals surface area contributed by atoms with E-state index in [0.29, 0.717) is 13.1 Å². The summed E-state index contributed by atoms with van der Waals surface area (Å²) in [4.78, 5) is 16.7. The molecule has 1 aliphatic rings. The molecule has 1 aromatic carbocycles. The van der Waals surface area contributed by atoms with Gasteiger partial charge in [-0.25, -0.2) is 12.8 Å². The first kappa shape index (κ1) is 18.7. The van der Waals surface area contributed by atoms with Crippen LogP contribution in [-0.2, 0) is 14.8 Å². The Hall–Kier alpha value is -1.67. The lowest BCUT2D eigenvalue weighted by Crippen LogP contribution is -2.55. The van der Waals surface area contributed by atoms with E-state index >= 15 is 0 Å². The van der Waals surface area contributed by atoms with Crippen molar-refractivity contribution < 1.29 is 17.6 Å². The maximum Gasteiger partial charge on any atom is 0.246 e. The predicted octanol–water partition coefficient (Wildman–Crippen LogP) is 1.14. The molecule has 0 spiro atoms. The van der Waals surface area contributed by atoms with Gasteiger partial charge in [0.25, 0.3) is 0 Å². The zero-order valence-electron chi connectivity index (χ0n) is 14.3. The highest BCUT2D eigenvalue weighted by Crippen LogP contribution is 2.22. The number of carbonyl (C=O) groups excluding carboxylic acids is 1. The average Bonchev–Trinajstić information content (AvgIpc) is 2.53. The second-order valence-electron chi connectivity index (χ2n) is 5.97. The number of benzene rings is 1. The molecule has 0 saturated carbocycles. The zero-order valence-corrected chi connectivity index (χ0v) is 15.1. The molecule has 0 N–H and O–H groups in total. The maximum atomic E-state index is 13.5. The molecule has 6 nitrogen and oxygen atoms in total. The van der Waals surface area contributed by atoms with E-state index in [-0.39, 0.29) is 11.6 Å². The second kappa shape index (κ2) is 7.48. The number of hydrogen-bond acceptors (Lipinski definition) is 4. The van der Waals surface area contributed by atoms with E-state index in [1.807, 2.05) is 0 Å². The van der Waals surface area contributed by atoms with Gasteiger partial charge in [0.2, 0.25) is 15.9 Å². The number of rotatable bonds is 5. The van der Waals surface area contributed by atoms with Crippen LogP contribution in [-0.4, -0.2) is 69.1 Å². The summed E-state index contributed by atoms with van der Waals surface area (Å²) >= 11 is 0. The Morgan fingerprint density at radius 2 is 1.92 bits per heavy atom.